The van der Waals surface area contributed by atoms with E-state index in [0.29, 0.717) is 0 Å². The first-order valence-corrected chi connectivity index (χ1v) is 18.1. The van der Waals surface area contributed by atoms with Crippen LogP contribution in [0.15, 0.2) is 142 Å². The quantitative estimate of drug-likeness (QED) is 0.181. The van der Waals surface area contributed by atoms with Crippen LogP contribution in [0, 0.1) is 20.8 Å². The maximum absolute atomic E-state index is 6.66. The highest BCUT2D eigenvalue weighted by atomic mass is 32.1. The average molecular weight is 679 g/mol. The Labute approximate surface area is 299 Å². The highest BCUT2D eigenvalue weighted by Gasteiger charge is 2.20. The summed E-state index contributed by atoms with van der Waals surface area (Å²) in [5, 5.41) is 7.04. The van der Waals surface area contributed by atoms with E-state index in [-0.39, 0.29) is 0 Å². The van der Waals surface area contributed by atoms with Gasteiger partial charge in [0.15, 0.2) is 0 Å². The maximum atomic E-state index is 6.66. The molecule has 7 aromatic carbocycles. The molecule has 5 heteroatoms. The third kappa shape index (κ3) is 4.80. The topological polar surface area (TPSA) is 32.8 Å². The fourth-order valence-corrected chi connectivity index (χ4v) is 8.76. The number of nitrogens with zero attached hydrogens (tertiary/aromatic N) is 2. The molecular formula is C46H34N2O2S. The Hall–Kier alpha value is -6.04. The van der Waals surface area contributed by atoms with E-state index >= 15 is 0 Å². The molecule has 10 rings (SSSR count). The molecule has 0 saturated carbocycles. The van der Waals surface area contributed by atoms with Crippen LogP contribution in [-0.4, -0.2) is 7.05 Å². The number of rotatable bonds is 5. The Morgan fingerprint density at radius 1 is 0.431 bits per heavy atom. The summed E-state index contributed by atoms with van der Waals surface area (Å²) in [5.41, 5.74) is 12.5. The minimum Gasteiger partial charge on any atom is -0.456 e. The molecule has 4 nitrogen and oxygen atoms in total. The summed E-state index contributed by atoms with van der Waals surface area (Å²) in [6.07, 6.45) is 0. The normalized spacial score (nSPS) is 11.9. The Morgan fingerprint density at radius 2 is 0.941 bits per heavy atom. The highest BCUT2D eigenvalue weighted by Crippen LogP contribution is 2.43. The second-order valence-electron chi connectivity index (χ2n) is 13.7. The number of benzene rings is 7. The molecule has 0 atom stereocenters. The minimum absolute atomic E-state index is 0.850. The van der Waals surface area contributed by atoms with Crippen LogP contribution >= 0.6 is 11.3 Å². The smallest absolute Gasteiger partial charge is 0.137 e. The van der Waals surface area contributed by atoms with E-state index in [0.717, 1.165) is 72.3 Å². The van der Waals surface area contributed by atoms with Crippen LogP contribution in [0.25, 0.3) is 64.0 Å². The summed E-state index contributed by atoms with van der Waals surface area (Å²) >= 11 is 1.84. The van der Waals surface area contributed by atoms with Crippen LogP contribution < -0.4 is 9.80 Å². The third-order valence-corrected chi connectivity index (χ3v) is 11.4. The van der Waals surface area contributed by atoms with Gasteiger partial charge in [-0.3, -0.25) is 0 Å². The number of hydrogen-bond donors (Lipinski definition) is 0. The highest BCUT2D eigenvalue weighted by molar-refractivity contribution is 7.25. The van der Waals surface area contributed by atoms with Gasteiger partial charge in [0.1, 0.15) is 22.3 Å². The molecule has 0 fully saturated rings. The zero-order valence-electron chi connectivity index (χ0n) is 28.8. The van der Waals surface area contributed by atoms with Gasteiger partial charge in [-0.05, 0) is 105 Å². The summed E-state index contributed by atoms with van der Waals surface area (Å²) in [7, 11) is 2.12. The van der Waals surface area contributed by atoms with Gasteiger partial charge in [-0.2, -0.15) is 0 Å². The van der Waals surface area contributed by atoms with Crippen molar-refractivity contribution in [1.29, 1.82) is 0 Å². The maximum Gasteiger partial charge on any atom is 0.137 e. The van der Waals surface area contributed by atoms with Crippen LogP contribution in [-0.2, 0) is 0 Å². The molecule has 0 aliphatic rings. The van der Waals surface area contributed by atoms with Crippen LogP contribution in [0.2, 0.25) is 0 Å². The first kappa shape index (κ1) is 29.8. The van der Waals surface area contributed by atoms with E-state index in [1.165, 1.54) is 36.9 Å². The summed E-state index contributed by atoms with van der Waals surface area (Å²) in [4.78, 5) is 4.55. The number of anilines is 5. The molecule has 0 amide bonds. The van der Waals surface area contributed by atoms with Crippen LogP contribution in [0.4, 0.5) is 28.4 Å². The van der Waals surface area contributed by atoms with Crippen molar-refractivity contribution < 1.29 is 8.83 Å². The first-order valence-electron chi connectivity index (χ1n) is 17.3. The van der Waals surface area contributed by atoms with Crippen molar-refractivity contribution in [3.8, 4) is 0 Å². The number of thiophene rings is 1. The van der Waals surface area contributed by atoms with E-state index in [1.807, 2.05) is 11.3 Å². The van der Waals surface area contributed by atoms with E-state index in [1.54, 1.807) is 0 Å². The van der Waals surface area contributed by atoms with Gasteiger partial charge >= 0.3 is 0 Å². The molecule has 0 aliphatic carbocycles. The van der Waals surface area contributed by atoms with Crippen LogP contribution in [0.5, 0.6) is 0 Å². The van der Waals surface area contributed by atoms with Gasteiger partial charge in [0, 0.05) is 95.4 Å². The van der Waals surface area contributed by atoms with Gasteiger partial charge < -0.3 is 18.6 Å². The monoisotopic (exact) mass is 678 g/mol. The molecule has 51 heavy (non-hydrogen) atoms. The number of fused-ring (bicyclic) bond motifs is 9. The summed E-state index contributed by atoms with van der Waals surface area (Å²) in [6.45, 7) is 6.41. The van der Waals surface area contributed by atoms with Crippen molar-refractivity contribution in [1.82, 2.24) is 0 Å². The summed E-state index contributed by atoms with van der Waals surface area (Å²) in [5.74, 6) is 0. The van der Waals surface area contributed by atoms with Crippen LogP contribution in [0.1, 0.15) is 16.7 Å². The molecular weight excluding hydrogens is 645 g/mol. The summed E-state index contributed by atoms with van der Waals surface area (Å²) in [6, 6.07) is 48.0. The van der Waals surface area contributed by atoms with Crippen molar-refractivity contribution in [2.75, 3.05) is 16.8 Å². The average Bonchev–Trinajstić information content (AvgIpc) is 3.81. The van der Waals surface area contributed by atoms with Crippen LogP contribution in [0.3, 0.4) is 0 Å². The molecule has 0 radical (unpaired) electrons. The Balaban J connectivity index is 1.07. The zero-order chi connectivity index (χ0) is 34.4. The third-order valence-electron chi connectivity index (χ3n) is 10.3. The van der Waals surface area contributed by atoms with Crippen molar-refractivity contribution in [2.45, 2.75) is 20.8 Å². The van der Waals surface area contributed by atoms with Gasteiger partial charge in [0.05, 0.1) is 0 Å². The molecule has 3 aromatic heterocycles. The Morgan fingerprint density at radius 3 is 1.63 bits per heavy atom. The lowest BCUT2D eigenvalue weighted by atomic mass is 10.1. The molecule has 246 valence electrons. The van der Waals surface area contributed by atoms with E-state index in [9.17, 15) is 0 Å². The minimum atomic E-state index is 0.850. The number of aryl methyl sites for hydroxylation is 3. The van der Waals surface area contributed by atoms with Gasteiger partial charge in [-0.1, -0.05) is 48.0 Å². The van der Waals surface area contributed by atoms with Crippen molar-refractivity contribution in [3.05, 3.63) is 150 Å². The predicted octanol–water partition coefficient (Wildman–Crippen LogP) is 14.0. The predicted molar refractivity (Wildman–Crippen MR) is 217 cm³/mol. The fourth-order valence-electron chi connectivity index (χ4n) is 7.67. The lowest BCUT2D eigenvalue weighted by Crippen LogP contribution is -2.11. The van der Waals surface area contributed by atoms with Crippen molar-refractivity contribution >= 4 is 104 Å². The standard InChI is InChI=1S/C46H34N2O2S/c1-27-10-19-40(29(3)21-27)48(32-12-17-36-34-15-9-28(2)22-41(34)49-43(36)25-32)33-13-18-37-35-16-11-31(24-42(35)50-44(37)26-33)47(4)30-14-20-46-39(23-30)38-7-5-6-8-45(38)51-46/h5-26H,1-4H3. The molecule has 0 aliphatic heterocycles. The van der Waals surface area contributed by atoms with Gasteiger partial charge in [0.25, 0.3) is 0 Å². The van der Waals surface area contributed by atoms with Crippen molar-refractivity contribution in [3.63, 3.8) is 0 Å². The molecule has 0 saturated heterocycles. The number of furan rings is 2. The second-order valence-corrected chi connectivity index (χ2v) is 14.8. The fraction of sp³-hybridized carbons (Fsp3) is 0.0870. The Kier molecular flexibility index (Phi) is 6.58. The lowest BCUT2D eigenvalue weighted by molar-refractivity contribution is 0.668. The van der Waals surface area contributed by atoms with E-state index in [4.69, 9.17) is 8.83 Å². The molecule has 0 spiro atoms. The lowest BCUT2D eigenvalue weighted by Gasteiger charge is -2.27. The van der Waals surface area contributed by atoms with E-state index in [2.05, 4.69) is 171 Å². The number of hydrogen-bond acceptors (Lipinski definition) is 5. The largest absolute Gasteiger partial charge is 0.456 e. The molecule has 3 heterocycles. The summed E-state index contributed by atoms with van der Waals surface area (Å²) < 4.78 is 15.7. The first-order chi connectivity index (χ1) is 24.9. The molecule has 0 bridgehead atoms. The molecule has 0 N–H and O–H groups in total. The van der Waals surface area contributed by atoms with Gasteiger partial charge in [-0.15, -0.1) is 11.3 Å². The molecule has 10 aromatic rings. The molecule has 0 unspecified atom stereocenters. The Bertz CT molecular complexity index is 3000. The van der Waals surface area contributed by atoms with E-state index < -0.39 is 0 Å². The van der Waals surface area contributed by atoms with Gasteiger partial charge in [0.2, 0.25) is 0 Å². The zero-order valence-corrected chi connectivity index (χ0v) is 29.6. The second kappa shape index (κ2) is 11.2. The van der Waals surface area contributed by atoms with Gasteiger partial charge in [-0.25, -0.2) is 0 Å². The SMILES string of the molecule is Cc1ccc(N(c2ccc3c(c2)oc2cc(C)ccc23)c2ccc3c(c2)oc2cc(N(C)c4ccc5sc6ccccc6c5c4)ccc23)c(C)c1. The van der Waals surface area contributed by atoms with Crippen molar-refractivity contribution in [2.24, 2.45) is 0 Å².